The summed E-state index contributed by atoms with van der Waals surface area (Å²) in [6.07, 6.45) is 0. The smallest absolute Gasteiger partial charge is 0.264 e. The Balaban J connectivity index is 1.89. The predicted molar refractivity (Wildman–Crippen MR) is 85.7 cm³/mol. The van der Waals surface area contributed by atoms with Crippen LogP contribution in [0.5, 0.6) is 5.75 Å². The minimum absolute atomic E-state index is 0.0139. The van der Waals surface area contributed by atoms with Crippen molar-refractivity contribution < 1.29 is 19.4 Å². The van der Waals surface area contributed by atoms with Gasteiger partial charge in [-0.1, -0.05) is 13.8 Å². The molecule has 2 aliphatic rings. The van der Waals surface area contributed by atoms with Crippen LogP contribution in [0.15, 0.2) is 18.2 Å². The molecule has 2 amide bonds. The zero-order valence-corrected chi connectivity index (χ0v) is 13.9. The molecule has 1 aromatic rings. The second-order valence-corrected chi connectivity index (χ2v) is 7.24. The fourth-order valence-electron chi connectivity index (χ4n) is 3.02. The van der Waals surface area contributed by atoms with E-state index in [9.17, 15) is 14.7 Å². The normalized spacial score (nSPS) is 26.0. The molecule has 124 valence electrons. The van der Waals surface area contributed by atoms with Gasteiger partial charge in [-0.3, -0.25) is 9.59 Å². The van der Waals surface area contributed by atoms with Gasteiger partial charge < -0.3 is 19.6 Å². The van der Waals surface area contributed by atoms with Crippen molar-refractivity contribution in [2.45, 2.75) is 26.4 Å². The number of carbonyl (C=O) groups is 2. The summed E-state index contributed by atoms with van der Waals surface area (Å²) in [6.45, 7) is 6.45. The average Bonchev–Trinajstić information content (AvgIpc) is 2.70. The summed E-state index contributed by atoms with van der Waals surface area (Å²) in [7, 11) is 1.67. The van der Waals surface area contributed by atoms with Crippen molar-refractivity contribution in [3.63, 3.8) is 0 Å². The van der Waals surface area contributed by atoms with E-state index < -0.39 is 5.60 Å². The molecule has 0 radical (unpaired) electrons. The van der Waals surface area contributed by atoms with E-state index in [1.165, 1.54) is 4.90 Å². The van der Waals surface area contributed by atoms with Gasteiger partial charge >= 0.3 is 0 Å². The predicted octanol–water partition coefficient (Wildman–Crippen LogP) is 1.27. The van der Waals surface area contributed by atoms with Crippen LogP contribution >= 0.6 is 0 Å². The molecule has 0 saturated carbocycles. The van der Waals surface area contributed by atoms with Gasteiger partial charge in [-0.15, -0.1) is 0 Å². The van der Waals surface area contributed by atoms with Crippen LogP contribution in [0.25, 0.3) is 0 Å². The van der Waals surface area contributed by atoms with Crippen LogP contribution in [-0.2, 0) is 4.79 Å². The first-order valence-corrected chi connectivity index (χ1v) is 7.67. The van der Waals surface area contributed by atoms with Crippen LogP contribution in [0.1, 0.15) is 31.1 Å². The number of anilines is 1. The number of ether oxygens (including phenoxy) is 1. The van der Waals surface area contributed by atoms with Gasteiger partial charge in [0.1, 0.15) is 5.75 Å². The zero-order valence-electron chi connectivity index (χ0n) is 13.9. The number of carbonyl (C=O) groups excluding carboxylic acids is 2. The molecule has 1 aromatic carbocycles. The van der Waals surface area contributed by atoms with E-state index in [-0.39, 0.29) is 23.8 Å². The molecule has 2 heterocycles. The van der Waals surface area contributed by atoms with Crippen LogP contribution in [0.3, 0.4) is 0 Å². The molecule has 1 atom stereocenters. The van der Waals surface area contributed by atoms with Crippen LogP contribution in [0, 0.1) is 5.41 Å². The highest BCUT2D eigenvalue weighted by atomic mass is 16.5. The van der Waals surface area contributed by atoms with E-state index in [2.05, 4.69) is 0 Å². The lowest BCUT2D eigenvalue weighted by atomic mass is 9.79. The Morgan fingerprint density at radius 3 is 2.57 bits per heavy atom. The topological polar surface area (TPSA) is 70.1 Å². The number of aliphatic hydroxyl groups is 1. The minimum atomic E-state index is -0.924. The first-order valence-electron chi connectivity index (χ1n) is 7.67. The molecule has 1 N–H and O–H groups in total. The van der Waals surface area contributed by atoms with E-state index in [0.29, 0.717) is 30.1 Å². The molecule has 0 spiro atoms. The number of hydrogen-bond donors (Lipinski definition) is 1. The molecule has 3 rings (SSSR count). The number of likely N-dealkylation sites (tertiary alicyclic amines) is 1. The Bertz CT molecular complexity index is 665. The van der Waals surface area contributed by atoms with Crippen molar-refractivity contribution in [3.8, 4) is 5.75 Å². The molecule has 1 saturated heterocycles. The first-order chi connectivity index (χ1) is 10.6. The Morgan fingerprint density at radius 1 is 1.26 bits per heavy atom. The van der Waals surface area contributed by atoms with Crippen molar-refractivity contribution >= 4 is 17.5 Å². The summed E-state index contributed by atoms with van der Waals surface area (Å²) in [5.74, 6) is 0.301. The lowest BCUT2D eigenvalue weighted by molar-refractivity contribution is -0.120. The van der Waals surface area contributed by atoms with Crippen molar-refractivity contribution in [1.82, 2.24) is 4.90 Å². The van der Waals surface area contributed by atoms with Crippen molar-refractivity contribution in [2.75, 3.05) is 31.6 Å². The van der Waals surface area contributed by atoms with E-state index in [1.54, 1.807) is 37.1 Å². The Hall–Kier alpha value is -2.08. The molecule has 2 aliphatic heterocycles. The van der Waals surface area contributed by atoms with Gasteiger partial charge in [0.15, 0.2) is 6.61 Å². The Labute approximate surface area is 135 Å². The highest BCUT2D eigenvalue weighted by Gasteiger charge is 2.49. The highest BCUT2D eigenvalue weighted by molar-refractivity contribution is 6.01. The maximum atomic E-state index is 12.8. The zero-order chi connectivity index (χ0) is 17.0. The molecule has 6 heteroatoms. The summed E-state index contributed by atoms with van der Waals surface area (Å²) in [6, 6.07) is 5.09. The third kappa shape index (κ3) is 2.47. The molecular weight excluding hydrogens is 296 g/mol. The van der Waals surface area contributed by atoms with Crippen LogP contribution < -0.4 is 9.64 Å². The van der Waals surface area contributed by atoms with Gasteiger partial charge in [0.25, 0.3) is 11.8 Å². The molecule has 23 heavy (non-hydrogen) atoms. The largest absolute Gasteiger partial charge is 0.482 e. The van der Waals surface area contributed by atoms with Gasteiger partial charge in [-0.25, -0.2) is 0 Å². The monoisotopic (exact) mass is 318 g/mol. The SMILES string of the molecule is CN1C(=O)COc2ccc(C(=O)N3CC(C)(C)[C@@](C)(O)C3)cc21. The molecule has 0 aliphatic carbocycles. The molecular formula is C17H22N2O4. The Kier molecular flexibility index (Phi) is 3.41. The summed E-state index contributed by atoms with van der Waals surface area (Å²) in [5.41, 5.74) is -0.209. The lowest BCUT2D eigenvalue weighted by Crippen LogP contribution is -2.40. The number of nitrogens with zero attached hydrogens (tertiary/aromatic N) is 2. The van der Waals surface area contributed by atoms with Gasteiger partial charge in [-0.2, -0.15) is 0 Å². The number of amides is 2. The second-order valence-electron chi connectivity index (χ2n) is 7.24. The van der Waals surface area contributed by atoms with Gasteiger partial charge in [0, 0.05) is 24.6 Å². The number of fused-ring (bicyclic) bond motifs is 1. The van der Waals surface area contributed by atoms with Crippen LogP contribution in [-0.4, -0.2) is 54.2 Å². The summed E-state index contributed by atoms with van der Waals surface area (Å²) < 4.78 is 5.38. The summed E-state index contributed by atoms with van der Waals surface area (Å²) in [5, 5.41) is 10.5. The number of likely N-dealkylation sites (N-methyl/N-ethyl adjacent to an activating group) is 1. The minimum Gasteiger partial charge on any atom is -0.482 e. The van der Waals surface area contributed by atoms with Crippen molar-refractivity contribution in [2.24, 2.45) is 5.41 Å². The van der Waals surface area contributed by atoms with Crippen LogP contribution in [0.4, 0.5) is 5.69 Å². The van der Waals surface area contributed by atoms with E-state index >= 15 is 0 Å². The highest BCUT2D eigenvalue weighted by Crippen LogP contribution is 2.39. The average molecular weight is 318 g/mol. The third-order valence-electron chi connectivity index (χ3n) is 5.12. The van der Waals surface area contributed by atoms with Crippen LogP contribution in [0.2, 0.25) is 0 Å². The molecule has 0 unspecified atom stereocenters. The second kappa shape index (κ2) is 4.96. The fourth-order valence-corrected chi connectivity index (χ4v) is 3.02. The van der Waals surface area contributed by atoms with Crippen molar-refractivity contribution in [1.29, 1.82) is 0 Å². The number of hydrogen-bond acceptors (Lipinski definition) is 4. The van der Waals surface area contributed by atoms with E-state index in [0.717, 1.165) is 0 Å². The number of β-amino-alcohol motifs (C(OH)–C–C–N with tert-alkyl or cyclic N) is 1. The summed E-state index contributed by atoms with van der Waals surface area (Å²) in [4.78, 5) is 27.7. The van der Waals surface area contributed by atoms with Gasteiger partial charge in [0.05, 0.1) is 17.8 Å². The van der Waals surface area contributed by atoms with Gasteiger partial charge in [0.2, 0.25) is 0 Å². The lowest BCUT2D eigenvalue weighted by Gasteiger charge is -2.30. The first kappa shape index (κ1) is 15.8. The van der Waals surface area contributed by atoms with E-state index in [4.69, 9.17) is 4.74 Å². The van der Waals surface area contributed by atoms with E-state index in [1.807, 2.05) is 13.8 Å². The maximum Gasteiger partial charge on any atom is 0.264 e. The maximum absolute atomic E-state index is 12.8. The van der Waals surface area contributed by atoms with Gasteiger partial charge in [-0.05, 0) is 25.1 Å². The fraction of sp³-hybridized carbons (Fsp3) is 0.529. The Morgan fingerprint density at radius 2 is 1.96 bits per heavy atom. The number of rotatable bonds is 1. The molecule has 6 nitrogen and oxygen atoms in total. The third-order valence-corrected chi connectivity index (χ3v) is 5.12. The molecule has 0 aromatic heterocycles. The number of benzene rings is 1. The standard InChI is InChI=1S/C17H22N2O4/c1-16(2)9-19(10-17(16,3)22)15(21)11-5-6-13-12(7-11)18(4)14(20)8-23-13/h5-7,22H,8-10H2,1-4H3/t17-/m0/s1. The quantitative estimate of drug-likeness (QED) is 0.847. The summed E-state index contributed by atoms with van der Waals surface area (Å²) >= 11 is 0. The van der Waals surface area contributed by atoms with Crippen molar-refractivity contribution in [3.05, 3.63) is 23.8 Å². The molecule has 1 fully saturated rings. The molecule has 0 bridgehead atoms.